The van der Waals surface area contributed by atoms with Gasteiger partial charge in [-0.1, -0.05) is 24.3 Å². The maximum atomic E-state index is 13.4. The van der Waals surface area contributed by atoms with Crippen LogP contribution in [0.15, 0.2) is 53.6 Å². The number of ether oxygens (including phenoxy) is 2. The van der Waals surface area contributed by atoms with Crippen molar-refractivity contribution in [2.75, 3.05) is 33.4 Å². The molecule has 2 aromatic carbocycles. The van der Waals surface area contributed by atoms with Gasteiger partial charge in [0.05, 0.1) is 37.9 Å². The number of hydrogen-bond donors (Lipinski definition) is 0. The zero-order valence-corrected chi connectivity index (χ0v) is 19.6. The Morgan fingerprint density at radius 2 is 1.74 bits per heavy atom. The van der Waals surface area contributed by atoms with Crippen LogP contribution in [0.1, 0.15) is 43.4 Å². The van der Waals surface area contributed by atoms with Crippen LogP contribution in [0.2, 0.25) is 0 Å². The van der Waals surface area contributed by atoms with Crippen LogP contribution in [-0.2, 0) is 14.3 Å². The standard InChI is InChI=1S/C26H30FN3O4/c1-3-34-26(32)20-12-14-29(15-13-20)17-25(31)30-24(19-6-10-22(33-2)11-7-19)16-23(28-30)18-4-8-21(27)9-5-18/h4-11,20,24H,3,12-17H2,1-2H3. The van der Waals surface area contributed by atoms with E-state index in [1.807, 2.05) is 31.2 Å². The lowest BCUT2D eigenvalue weighted by molar-refractivity contribution is -0.149. The van der Waals surface area contributed by atoms with Gasteiger partial charge in [-0.2, -0.15) is 5.10 Å². The van der Waals surface area contributed by atoms with E-state index in [2.05, 4.69) is 10.0 Å². The van der Waals surface area contributed by atoms with E-state index < -0.39 is 0 Å². The topological polar surface area (TPSA) is 71.4 Å². The van der Waals surface area contributed by atoms with Gasteiger partial charge in [-0.05, 0) is 68.2 Å². The fourth-order valence-corrected chi connectivity index (χ4v) is 4.49. The first-order valence-corrected chi connectivity index (χ1v) is 11.7. The van der Waals surface area contributed by atoms with E-state index in [0.29, 0.717) is 39.0 Å². The van der Waals surface area contributed by atoms with Crippen molar-refractivity contribution in [2.45, 2.75) is 32.2 Å². The van der Waals surface area contributed by atoms with E-state index >= 15 is 0 Å². The van der Waals surface area contributed by atoms with Crippen molar-refractivity contribution >= 4 is 17.6 Å². The lowest BCUT2D eigenvalue weighted by atomic mass is 9.97. The number of nitrogens with zero attached hydrogens (tertiary/aromatic N) is 3. The van der Waals surface area contributed by atoms with Crippen molar-refractivity contribution in [1.29, 1.82) is 0 Å². The zero-order valence-electron chi connectivity index (χ0n) is 19.6. The Hall–Kier alpha value is -3.26. The number of carbonyl (C=O) groups excluding carboxylic acids is 2. The smallest absolute Gasteiger partial charge is 0.309 e. The second-order valence-electron chi connectivity index (χ2n) is 8.59. The fraction of sp³-hybridized carbons (Fsp3) is 0.423. The van der Waals surface area contributed by atoms with Crippen molar-refractivity contribution in [3.05, 3.63) is 65.5 Å². The van der Waals surface area contributed by atoms with Crippen LogP contribution >= 0.6 is 0 Å². The third-order valence-electron chi connectivity index (χ3n) is 6.41. The van der Waals surface area contributed by atoms with Crippen molar-refractivity contribution < 1.29 is 23.5 Å². The van der Waals surface area contributed by atoms with Gasteiger partial charge in [0, 0.05) is 6.42 Å². The van der Waals surface area contributed by atoms with Crippen LogP contribution in [0.4, 0.5) is 4.39 Å². The van der Waals surface area contributed by atoms with E-state index in [1.165, 1.54) is 12.1 Å². The highest BCUT2D eigenvalue weighted by Crippen LogP contribution is 2.34. The number of benzene rings is 2. The molecule has 0 N–H and O–H groups in total. The second-order valence-corrected chi connectivity index (χ2v) is 8.59. The maximum Gasteiger partial charge on any atom is 0.309 e. The second kappa shape index (κ2) is 10.8. The first kappa shape index (κ1) is 23.9. The number of piperidine rings is 1. The van der Waals surface area contributed by atoms with E-state index in [1.54, 1.807) is 24.3 Å². The van der Waals surface area contributed by atoms with E-state index in [-0.39, 0.29) is 36.2 Å². The summed E-state index contributed by atoms with van der Waals surface area (Å²) in [5.74, 6) is 0.0684. The van der Waals surface area contributed by atoms with Gasteiger partial charge >= 0.3 is 5.97 Å². The number of carbonyl (C=O) groups is 2. The van der Waals surface area contributed by atoms with Crippen LogP contribution < -0.4 is 4.74 Å². The van der Waals surface area contributed by atoms with Crippen LogP contribution in [-0.4, -0.2) is 60.8 Å². The number of hydrazone groups is 1. The molecule has 0 aromatic heterocycles. The molecule has 7 nitrogen and oxygen atoms in total. The summed E-state index contributed by atoms with van der Waals surface area (Å²) >= 11 is 0. The number of hydrogen-bond acceptors (Lipinski definition) is 6. The summed E-state index contributed by atoms with van der Waals surface area (Å²) in [6.45, 7) is 3.73. The summed E-state index contributed by atoms with van der Waals surface area (Å²) in [5, 5.41) is 6.22. The molecule has 2 aliphatic rings. The SMILES string of the molecule is CCOC(=O)C1CCN(CC(=O)N2N=C(c3ccc(F)cc3)CC2c2ccc(OC)cc2)CC1. The van der Waals surface area contributed by atoms with Gasteiger partial charge < -0.3 is 9.47 Å². The largest absolute Gasteiger partial charge is 0.497 e. The summed E-state index contributed by atoms with van der Waals surface area (Å²) in [4.78, 5) is 27.4. The Morgan fingerprint density at radius 3 is 2.35 bits per heavy atom. The monoisotopic (exact) mass is 467 g/mol. The zero-order chi connectivity index (χ0) is 24.1. The summed E-state index contributed by atoms with van der Waals surface area (Å²) in [7, 11) is 1.61. The van der Waals surface area contributed by atoms with Crippen molar-refractivity contribution in [1.82, 2.24) is 9.91 Å². The summed E-state index contributed by atoms with van der Waals surface area (Å²) in [6, 6.07) is 13.5. The van der Waals surface area contributed by atoms with Crippen LogP contribution in [0.5, 0.6) is 5.75 Å². The normalized spacial score (nSPS) is 19.1. The lowest BCUT2D eigenvalue weighted by Gasteiger charge is -2.32. The minimum Gasteiger partial charge on any atom is -0.497 e. The number of halogens is 1. The number of likely N-dealkylation sites (tertiary alicyclic amines) is 1. The Balaban J connectivity index is 1.49. The Labute approximate surface area is 199 Å². The molecule has 2 heterocycles. The number of amides is 1. The Kier molecular flexibility index (Phi) is 7.57. The van der Waals surface area contributed by atoms with Crippen LogP contribution in [0.3, 0.4) is 0 Å². The minimum atomic E-state index is -0.312. The van der Waals surface area contributed by atoms with Gasteiger partial charge in [0.2, 0.25) is 0 Å². The Morgan fingerprint density at radius 1 is 1.06 bits per heavy atom. The molecule has 2 aliphatic heterocycles. The van der Waals surface area contributed by atoms with Gasteiger partial charge in [-0.3, -0.25) is 14.5 Å². The first-order chi connectivity index (χ1) is 16.5. The highest BCUT2D eigenvalue weighted by Gasteiger charge is 2.35. The van der Waals surface area contributed by atoms with Gasteiger partial charge in [-0.15, -0.1) is 0 Å². The van der Waals surface area contributed by atoms with Crippen molar-refractivity contribution in [3.63, 3.8) is 0 Å². The molecule has 8 heteroatoms. The number of rotatable bonds is 7. The molecule has 1 saturated heterocycles. The molecule has 1 atom stereocenters. The molecule has 0 spiro atoms. The van der Waals surface area contributed by atoms with E-state index in [0.717, 1.165) is 22.6 Å². The van der Waals surface area contributed by atoms with E-state index in [9.17, 15) is 14.0 Å². The lowest BCUT2D eigenvalue weighted by Crippen LogP contribution is -2.43. The van der Waals surface area contributed by atoms with Gasteiger partial charge in [0.1, 0.15) is 11.6 Å². The molecule has 0 radical (unpaired) electrons. The fourth-order valence-electron chi connectivity index (χ4n) is 4.49. The molecule has 0 saturated carbocycles. The third-order valence-corrected chi connectivity index (χ3v) is 6.41. The molecule has 0 bridgehead atoms. The first-order valence-electron chi connectivity index (χ1n) is 11.7. The molecule has 1 unspecified atom stereocenters. The molecule has 1 amide bonds. The van der Waals surface area contributed by atoms with Gasteiger partial charge in [-0.25, -0.2) is 9.40 Å². The average Bonchev–Trinajstić information content (AvgIpc) is 3.31. The molecule has 34 heavy (non-hydrogen) atoms. The molecule has 180 valence electrons. The van der Waals surface area contributed by atoms with Crippen LogP contribution in [0, 0.1) is 11.7 Å². The molecule has 4 rings (SSSR count). The highest BCUT2D eigenvalue weighted by molar-refractivity contribution is 6.03. The average molecular weight is 468 g/mol. The van der Waals surface area contributed by atoms with Crippen molar-refractivity contribution in [2.24, 2.45) is 11.0 Å². The predicted octanol–water partition coefficient (Wildman–Crippen LogP) is 3.79. The summed E-state index contributed by atoms with van der Waals surface area (Å²) in [5.41, 5.74) is 2.50. The maximum absolute atomic E-state index is 13.4. The number of esters is 1. The van der Waals surface area contributed by atoms with Gasteiger partial charge in [0.25, 0.3) is 5.91 Å². The quantitative estimate of drug-likeness (QED) is 0.580. The minimum absolute atomic E-state index is 0.103. The number of methoxy groups -OCH3 is 1. The molecule has 0 aliphatic carbocycles. The summed E-state index contributed by atoms with van der Waals surface area (Å²) in [6.07, 6.45) is 1.89. The third kappa shape index (κ3) is 5.44. The molecule has 1 fully saturated rings. The predicted molar refractivity (Wildman–Crippen MR) is 126 cm³/mol. The van der Waals surface area contributed by atoms with Crippen molar-refractivity contribution in [3.8, 4) is 5.75 Å². The molecular weight excluding hydrogens is 437 g/mol. The van der Waals surface area contributed by atoms with E-state index in [4.69, 9.17) is 9.47 Å². The van der Waals surface area contributed by atoms with Crippen LogP contribution in [0.25, 0.3) is 0 Å². The highest BCUT2D eigenvalue weighted by atomic mass is 19.1. The molecule has 2 aromatic rings. The summed E-state index contributed by atoms with van der Waals surface area (Å²) < 4.78 is 23.8. The Bertz CT molecular complexity index is 1030. The molecular formula is C26H30FN3O4. The van der Waals surface area contributed by atoms with Gasteiger partial charge in [0.15, 0.2) is 0 Å².